The van der Waals surface area contributed by atoms with Gasteiger partial charge < -0.3 is 20.3 Å². The molecule has 8 nitrogen and oxygen atoms in total. The van der Waals surface area contributed by atoms with E-state index in [0.717, 1.165) is 16.7 Å². The van der Waals surface area contributed by atoms with Crippen molar-refractivity contribution in [3.63, 3.8) is 0 Å². The summed E-state index contributed by atoms with van der Waals surface area (Å²) in [4.78, 5) is 30.0. The summed E-state index contributed by atoms with van der Waals surface area (Å²) < 4.78 is 11.2. The highest BCUT2D eigenvalue weighted by Crippen LogP contribution is 2.43. The molecule has 0 bridgehead atoms. The van der Waals surface area contributed by atoms with E-state index in [1.165, 1.54) is 4.90 Å². The number of carbonyl (C=O) groups is 2. The molecule has 1 aromatic heterocycles. The SMILES string of the molecule is CC(C)(C)OC(=O)N1Cc2nc(N)c3c(c2C[C@@H]1C(=O)O)COC3(C)C. The fraction of sp³-hybridized carbons (Fsp3) is 0.611. The molecule has 3 N–H and O–H groups in total. The molecule has 0 saturated carbocycles. The smallest absolute Gasteiger partial charge is 0.411 e. The van der Waals surface area contributed by atoms with Crippen LogP contribution in [0.15, 0.2) is 0 Å². The van der Waals surface area contributed by atoms with E-state index in [1.54, 1.807) is 20.8 Å². The number of carbonyl (C=O) groups excluding carboxylic acids is 1. The third-order valence-electron chi connectivity index (χ3n) is 4.71. The first-order valence-corrected chi connectivity index (χ1v) is 8.57. The van der Waals surface area contributed by atoms with Gasteiger partial charge in [0.05, 0.1) is 24.4 Å². The molecule has 0 saturated heterocycles. The molecule has 0 radical (unpaired) electrons. The summed E-state index contributed by atoms with van der Waals surface area (Å²) in [7, 11) is 0. The predicted molar refractivity (Wildman–Crippen MR) is 93.4 cm³/mol. The first kappa shape index (κ1) is 18.4. The van der Waals surface area contributed by atoms with Crippen molar-refractivity contribution in [3.05, 3.63) is 22.4 Å². The minimum absolute atomic E-state index is 0.0408. The molecular weight excluding hydrogens is 338 g/mol. The number of anilines is 1. The van der Waals surface area contributed by atoms with Crippen LogP contribution in [0.4, 0.5) is 10.6 Å². The quantitative estimate of drug-likeness (QED) is 0.785. The predicted octanol–water partition coefficient (Wildman–Crippen LogP) is 2.18. The molecule has 26 heavy (non-hydrogen) atoms. The van der Waals surface area contributed by atoms with Crippen molar-refractivity contribution in [2.45, 2.75) is 71.4 Å². The molecule has 3 heterocycles. The second-order valence-corrected chi connectivity index (χ2v) is 8.24. The van der Waals surface area contributed by atoms with Crippen LogP contribution in [-0.2, 0) is 39.4 Å². The normalized spacial score (nSPS) is 21.1. The zero-order valence-electron chi connectivity index (χ0n) is 15.8. The molecule has 1 amide bonds. The average Bonchev–Trinajstić information content (AvgIpc) is 2.81. The maximum atomic E-state index is 12.5. The topological polar surface area (TPSA) is 115 Å². The van der Waals surface area contributed by atoms with Gasteiger partial charge in [-0.25, -0.2) is 14.6 Å². The fourth-order valence-corrected chi connectivity index (χ4v) is 3.58. The Balaban J connectivity index is 2.03. The van der Waals surface area contributed by atoms with Crippen LogP contribution in [0.5, 0.6) is 0 Å². The van der Waals surface area contributed by atoms with E-state index in [0.29, 0.717) is 18.1 Å². The zero-order chi connectivity index (χ0) is 19.4. The van der Waals surface area contributed by atoms with Crippen LogP contribution in [0.2, 0.25) is 0 Å². The Morgan fingerprint density at radius 1 is 1.35 bits per heavy atom. The Bertz CT molecular complexity index is 782. The third-order valence-corrected chi connectivity index (χ3v) is 4.71. The molecule has 3 rings (SSSR count). The van der Waals surface area contributed by atoms with E-state index in [2.05, 4.69) is 4.98 Å². The lowest BCUT2D eigenvalue weighted by Gasteiger charge is -2.36. The van der Waals surface area contributed by atoms with E-state index in [1.807, 2.05) is 13.8 Å². The van der Waals surface area contributed by atoms with Gasteiger partial charge in [0.2, 0.25) is 0 Å². The number of ether oxygens (including phenoxy) is 2. The molecule has 2 aliphatic heterocycles. The summed E-state index contributed by atoms with van der Waals surface area (Å²) >= 11 is 0. The molecule has 142 valence electrons. The number of pyridine rings is 1. The van der Waals surface area contributed by atoms with Crippen molar-refractivity contribution in [3.8, 4) is 0 Å². The maximum Gasteiger partial charge on any atom is 0.411 e. The van der Waals surface area contributed by atoms with Crippen molar-refractivity contribution in [2.75, 3.05) is 5.73 Å². The molecule has 8 heteroatoms. The molecule has 1 aromatic rings. The van der Waals surface area contributed by atoms with Crippen LogP contribution in [0.3, 0.4) is 0 Å². The van der Waals surface area contributed by atoms with Crippen LogP contribution in [0.1, 0.15) is 57.0 Å². The highest BCUT2D eigenvalue weighted by molar-refractivity contribution is 5.81. The van der Waals surface area contributed by atoms with Gasteiger partial charge in [0.1, 0.15) is 17.5 Å². The van der Waals surface area contributed by atoms with E-state index in [9.17, 15) is 14.7 Å². The number of rotatable bonds is 1. The van der Waals surface area contributed by atoms with Gasteiger partial charge in [-0.2, -0.15) is 0 Å². The van der Waals surface area contributed by atoms with Crippen LogP contribution in [0, 0.1) is 0 Å². The number of carboxylic acids is 1. The molecule has 0 spiro atoms. The molecule has 0 aliphatic carbocycles. The van der Waals surface area contributed by atoms with Gasteiger partial charge in [-0.05, 0) is 45.7 Å². The van der Waals surface area contributed by atoms with Gasteiger partial charge in [0, 0.05) is 12.0 Å². The number of amides is 1. The van der Waals surface area contributed by atoms with Crippen LogP contribution < -0.4 is 5.73 Å². The van der Waals surface area contributed by atoms with Crippen LogP contribution in [-0.4, -0.2) is 38.7 Å². The monoisotopic (exact) mass is 363 g/mol. The fourth-order valence-electron chi connectivity index (χ4n) is 3.58. The second-order valence-electron chi connectivity index (χ2n) is 8.24. The molecule has 2 aliphatic rings. The standard InChI is InChI=1S/C18H25N3O5/c1-17(2,3)26-16(24)21-7-11-9(6-12(21)15(22)23)10-8-25-18(4,5)13(10)14(19)20-11/h12H,6-8H2,1-5H3,(H2,19,20)(H,22,23)/t12-/m1/s1. The van der Waals surface area contributed by atoms with Crippen LogP contribution >= 0.6 is 0 Å². The number of aliphatic carboxylic acids is 1. The molecule has 1 atom stereocenters. The summed E-state index contributed by atoms with van der Waals surface area (Å²) in [5.41, 5.74) is 7.98. The maximum absolute atomic E-state index is 12.5. The van der Waals surface area contributed by atoms with E-state index in [4.69, 9.17) is 15.2 Å². The minimum atomic E-state index is -1.08. The minimum Gasteiger partial charge on any atom is -0.480 e. The average molecular weight is 363 g/mol. The number of nitrogens with two attached hydrogens (primary N) is 1. The Kier molecular flexibility index (Phi) is 4.14. The van der Waals surface area contributed by atoms with Gasteiger partial charge in [0.15, 0.2) is 0 Å². The molecule has 0 fully saturated rings. The number of carboxylic acid groups (broad SMARTS) is 1. The number of hydrogen-bond donors (Lipinski definition) is 2. The summed E-state index contributed by atoms with van der Waals surface area (Å²) in [6.07, 6.45) is -0.521. The number of fused-ring (bicyclic) bond motifs is 3. The lowest BCUT2D eigenvalue weighted by atomic mass is 9.88. The van der Waals surface area contributed by atoms with Gasteiger partial charge >= 0.3 is 12.1 Å². The summed E-state index contributed by atoms with van der Waals surface area (Å²) in [6, 6.07) is -1.02. The number of hydrogen-bond acceptors (Lipinski definition) is 6. The van der Waals surface area contributed by atoms with Gasteiger partial charge in [-0.1, -0.05) is 0 Å². The summed E-state index contributed by atoms with van der Waals surface area (Å²) in [6.45, 7) is 9.43. The lowest BCUT2D eigenvalue weighted by molar-refractivity contribution is -0.143. The number of nitrogens with zero attached hydrogens (tertiary/aromatic N) is 2. The lowest BCUT2D eigenvalue weighted by Crippen LogP contribution is -2.50. The summed E-state index contributed by atoms with van der Waals surface area (Å²) in [5, 5.41) is 9.66. The van der Waals surface area contributed by atoms with Crippen LogP contribution in [0.25, 0.3) is 0 Å². The summed E-state index contributed by atoms with van der Waals surface area (Å²) in [5.74, 6) is -0.718. The van der Waals surface area contributed by atoms with E-state index >= 15 is 0 Å². The molecule has 0 unspecified atom stereocenters. The first-order chi connectivity index (χ1) is 11.9. The van der Waals surface area contributed by atoms with Gasteiger partial charge in [-0.15, -0.1) is 0 Å². The Morgan fingerprint density at radius 3 is 2.58 bits per heavy atom. The van der Waals surface area contributed by atoms with Crippen molar-refractivity contribution in [1.29, 1.82) is 0 Å². The Labute approximate surface area is 152 Å². The highest BCUT2D eigenvalue weighted by atomic mass is 16.6. The van der Waals surface area contributed by atoms with Gasteiger partial charge in [0.25, 0.3) is 0 Å². The molecule has 0 aromatic carbocycles. The van der Waals surface area contributed by atoms with Crippen molar-refractivity contribution < 1.29 is 24.2 Å². The van der Waals surface area contributed by atoms with E-state index < -0.39 is 29.3 Å². The van der Waals surface area contributed by atoms with Crippen molar-refractivity contribution >= 4 is 17.9 Å². The molecular formula is C18H25N3O5. The highest BCUT2D eigenvalue weighted by Gasteiger charge is 2.43. The Hall–Kier alpha value is -2.35. The Morgan fingerprint density at radius 2 is 2.00 bits per heavy atom. The third kappa shape index (κ3) is 3.09. The second kappa shape index (κ2) is 5.84. The number of aromatic nitrogens is 1. The zero-order valence-corrected chi connectivity index (χ0v) is 15.8. The van der Waals surface area contributed by atoms with Gasteiger partial charge in [-0.3, -0.25) is 4.90 Å². The van der Waals surface area contributed by atoms with E-state index in [-0.39, 0.29) is 13.0 Å². The number of nitrogen functional groups attached to an aromatic ring is 1. The van der Waals surface area contributed by atoms with Crippen molar-refractivity contribution in [1.82, 2.24) is 9.88 Å². The largest absolute Gasteiger partial charge is 0.480 e. The van der Waals surface area contributed by atoms with Crippen molar-refractivity contribution in [2.24, 2.45) is 0 Å². The first-order valence-electron chi connectivity index (χ1n) is 8.57.